The number of oxime groups is 1. The van der Waals surface area contributed by atoms with Crippen molar-refractivity contribution in [3.63, 3.8) is 0 Å². The van der Waals surface area contributed by atoms with E-state index in [1.165, 1.54) is 0 Å². The van der Waals surface area contributed by atoms with Gasteiger partial charge in [0.05, 0.1) is 12.3 Å². The number of carbonyl (C=O) groups excluding carboxylic acids is 1. The van der Waals surface area contributed by atoms with Crippen LogP contribution in [0.1, 0.15) is 12.0 Å². The molecule has 0 radical (unpaired) electrons. The third-order valence-electron chi connectivity index (χ3n) is 3.49. The molecule has 1 fully saturated rings. The Morgan fingerprint density at radius 3 is 2.80 bits per heavy atom. The summed E-state index contributed by atoms with van der Waals surface area (Å²) < 4.78 is 5.12. The minimum atomic E-state index is -0.0227. The van der Waals surface area contributed by atoms with Crippen molar-refractivity contribution in [1.29, 1.82) is 0 Å². The Hall–Kier alpha value is -1.92. The first-order valence-electron chi connectivity index (χ1n) is 6.69. The molecule has 0 saturated carbocycles. The Morgan fingerprint density at radius 2 is 2.15 bits per heavy atom. The number of benzene rings is 1. The molecule has 0 aliphatic carbocycles. The molecule has 2 heterocycles. The third kappa shape index (κ3) is 2.52. The number of rotatable bonds is 3. The molecule has 1 amide bonds. The second-order valence-corrected chi connectivity index (χ2v) is 4.85. The van der Waals surface area contributed by atoms with E-state index in [0.29, 0.717) is 19.7 Å². The number of hydrogen-bond donors (Lipinski definition) is 1. The summed E-state index contributed by atoms with van der Waals surface area (Å²) in [4.78, 5) is 18.7. The fraction of sp³-hybridized carbons (Fsp3) is 0.429. The molecule has 6 heteroatoms. The molecule has 1 unspecified atom stereocenters. The van der Waals surface area contributed by atoms with Crippen LogP contribution in [0.2, 0.25) is 0 Å². The maximum Gasteiger partial charge on any atom is 0.253 e. The lowest BCUT2D eigenvalue weighted by Crippen LogP contribution is -2.41. The van der Waals surface area contributed by atoms with Gasteiger partial charge in [0, 0.05) is 25.2 Å². The van der Waals surface area contributed by atoms with Crippen molar-refractivity contribution in [2.75, 3.05) is 31.2 Å². The van der Waals surface area contributed by atoms with Crippen molar-refractivity contribution in [3.8, 4) is 0 Å². The molecular weight excluding hydrogens is 258 g/mol. The van der Waals surface area contributed by atoms with Crippen molar-refractivity contribution >= 4 is 17.3 Å². The highest BCUT2D eigenvalue weighted by molar-refractivity contribution is 6.02. The van der Waals surface area contributed by atoms with E-state index in [4.69, 9.17) is 15.3 Å². The monoisotopic (exact) mass is 275 g/mol. The van der Waals surface area contributed by atoms with Crippen LogP contribution in [0.5, 0.6) is 0 Å². The highest BCUT2D eigenvalue weighted by Gasteiger charge is 2.22. The van der Waals surface area contributed by atoms with Crippen molar-refractivity contribution in [2.24, 2.45) is 10.9 Å². The van der Waals surface area contributed by atoms with Gasteiger partial charge in [-0.05, 0) is 17.7 Å². The van der Waals surface area contributed by atoms with Crippen molar-refractivity contribution < 1.29 is 14.4 Å². The predicted molar refractivity (Wildman–Crippen MR) is 74.7 cm³/mol. The molecular formula is C14H17N3O3. The van der Waals surface area contributed by atoms with E-state index in [1.807, 2.05) is 24.3 Å². The lowest BCUT2D eigenvalue weighted by Gasteiger charge is -2.26. The highest BCUT2D eigenvalue weighted by atomic mass is 16.6. The Bertz CT molecular complexity index is 527. The summed E-state index contributed by atoms with van der Waals surface area (Å²) in [6.07, 6.45) is 0.706. The minimum absolute atomic E-state index is 0.00580. The van der Waals surface area contributed by atoms with E-state index in [2.05, 4.69) is 5.16 Å². The highest BCUT2D eigenvalue weighted by Crippen LogP contribution is 2.21. The Balaban J connectivity index is 1.73. The van der Waals surface area contributed by atoms with E-state index >= 15 is 0 Å². The molecule has 2 aliphatic heterocycles. The Kier molecular flexibility index (Phi) is 3.66. The molecule has 1 atom stereocenters. The van der Waals surface area contributed by atoms with Crippen LogP contribution in [0.4, 0.5) is 5.69 Å². The number of anilines is 1. The van der Waals surface area contributed by atoms with Gasteiger partial charge >= 0.3 is 0 Å². The third-order valence-corrected chi connectivity index (χ3v) is 3.49. The summed E-state index contributed by atoms with van der Waals surface area (Å²) in [5.41, 5.74) is 8.35. The maximum atomic E-state index is 11.8. The van der Waals surface area contributed by atoms with Crippen LogP contribution in [0.25, 0.3) is 0 Å². The molecule has 6 nitrogen and oxygen atoms in total. The van der Waals surface area contributed by atoms with Gasteiger partial charge < -0.3 is 20.2 Å². The van der Waals surface area contributed by atoms with E-state index in [9.17, 15) is 4.79 Å². The minimum Gasteiger partial charge on any atom is -0.390 e. The standard InChI is InChI=1S/C14H17N3O3/c15-8-12-7-13(16-20-12)10-1-3-11(4-2-10)17-5-6-19-9-14(17)18/h1-4,12H,5-9,15H2. The second-order valence-electron chi connectivity index (χ2n) is 4.85. The first-order valence-corrected chi connectivity index (χ1v) is 6.69. The summed E-state index contributed by atoms with van der Waals surface area (Å²) >= 11 is 0. The topological polar surface area (TPSA) is 77.1 Å². The number of amides is 1. The van der Waals surface area contributed by atoms with Gasteiger partial charge in [-0.25, -0.2) is 0 Å². The normalized spacial score (nSPS) is 22.6. The Morgan fingerprint density at radius 1 is 1.35 bits per heavy atom. The lowest BCUT2D eigenvalue weighted by molar-refractivity contribution is -0.125. The molecule has 0 spiro atoms. The average molecular weight is 275 g/mol. The van der Waals surface area contributed by atoms with Crippen molar-refractivity contribution in [2.45, 2.75) is 12.5 Å². The van der Waals surface area contributed by atoms with Gasteiger partial charge in [-0.1, -0.05) is 17.3 Å². The van der Waals surface area contributed by atoms with Gasteiger partial charge in [0.1, 0.15) is 12.7 Å². The van der Waals surface area contributed by atoms with Gasteiger partial charge in [-0.15, -0.1) is 0 Å². The molecule has 20 heavy (non-hydrogen) atoms. The molecule has 1 aromatic carbocycles. The van der Waals surface area contributed by atoms with Crippen molar-refractivity contribution in [3.05, 3.63) is 29.8 Å². The summed E-state index contributed by atoms with van der Waals surface area (Å²) in [6.45, 7) is 1.79. The maximum absolute atomic E-state index is 11.8. The summed E-state index contributed by atoms with van der Waals surface area (Å²) in [6, 6.07) is 7.77. The molecule has 1 aromatic rings. The summed E-state index contributed by atoms with van der Waals surface area (Å²) in [5.74, 6) is -0.00580. The summed E-state index contributed by atoms with van der Waals surface area (Å²) in [7, 11) is 0. The number of ether oxygens (including phenoxy) is 1. The van der Waals surface area contributed by atoms with Crippen LogP contribution in [0.15, 0.2) is 29.4 Å². The summed E-state index contributed by atoms with van der Waals surface area (Å²) in [5, 5.41) is 4.05. The van der Waals surface area contributed by atoms with Crippen LogP contribution in [-0.2, 0) is 14.4 Å². The average Bonchev–Trinajstić information content (AvgIpc) is 2.97. The lowest BCUT2D eigenvalue weighted by atomic mass is 10.0. The van der Waals surface area contributed by atoms with Gasteiger partial charge in [-0.3, -0.25) is 4.79 Å². The molecule has 2 N–H and O–H groups in total. The van der Waals surface area contributed by atoms with Gasteiger partial charge in [0.25, 0.3) is 5.91 Å². The predicted octanol–water partition coefficient (Wildman–Crippen LogP) is 0.501. The van der Waals surface area contributed by atoms with E-state index in [1.54, 1.807) is 4.90 Å². The van der Waals surface area contributed by atoms with Crippen LogP contribution in [0, 0.1) is 0 Å². The molecule has 3 rings (SSSR count). The molecule has 106 valence electrons. The number of nitrogens with two attached hydrogens (primary N) is 1. The number of nitrogens with zero attached hydrogens (tertiary/aromatic N) is 2. The second kappa shape index (κ2) is 5.60. The van der Waals surface area contributed by atoms with Crippen LogP contribution < -0.4 is 10.6 Å². The number of carbonyl (C=O) groups is 1. The zero-order chi connectivity index (χ0) is 13.9. The van der Waals surface area contributed by atoms with E-state index < -0.39 is 0 Å². The molecule has 0 bridgehead atoms. The zero-order valence-corrected chi connectivity index (χ0v) is 11.1. The SMILES string of the molecule is NCC1CC(c2ccc(N3CCOCC3=O)cc2)=NO1. The Labute approximate surface area is 117 Å². The molecule has 0 aromatic heterocycles. The smallest absolute Gasteiger partial charge is 0.253 e. The first kappa shape index (κ1) is 13.1. The molecule has 2 aliphatic rings. The van der Waals surface area contributed by atoms with Crippen LogP contribution in [0.3, 0.4) is 0 Å². The first-order chi connectivity index (χ1) is 9.78. The quantitative estimate of drug-likeness (QED) is 0.871. The fourth-order valence-electron chi connectivity index (χ4n) is 2.35. The van der Waals surface area contributed by atoms with Crippen LogP contribution in [-0.4, -0.2) is 44.0 Å². The van der Waals surface area contributed by atoms with Gasteiger partial charge in [0.2, 0.25) is 0 Å². The zero-order valence-electron chi connectivity index (χ0n) is 11.1. The number of morpholine rings is 1. The number of hydrogen-bond acceptors (Lipinski definition) is 5. The van der Waals surface area contributed by atoms with Crippen molar-refractivity contribution in [1.82, 2.24) is 0 Å². The largest absolute Gasteiger partial charge is 0.390 e. The van der Waals surface area contributed by atoms with Crippen LogP contribution >= 0.6 is 0 Å². The molecule has 1 saturated heterocycles. The van der Waals surface area contributed by atoms with Gasteiger partial charge in [-0.2, -0.15) is 0 Å². The fourth-order valence-corrected chi connectivity index (χ4v) is 2.35. The van der Waals surface area contributed by atoms with E-state index in [-0.39, 0.29) is 18.6 Å². The van der Waals surface area contributed by atoms with Gasteiger partial charge in [0.15, 0.2) is 0 Å². The van der Waals surface area contributed by atoms with E-state index in [0.717, 1.165) is 23.4 Å².